The highest BCUT2D eigenvalue weighted by molar-refractivity contribution is 7.19. The molecule has 0 bridgehead atoms. The second-order valence-corrected chi connectivity index (χ2v) is 6.53. The summed E-state index contributed by atoms with van der Waals surface area (Å²) in [4.78, 5) is 13.2. The van der Waals surface area contributed by atoms with E-state index >= 15 is 0 Å². The van der Waals surface area contributed by atoms with Gasteiger partial charge < -0.3 is 5.73 Å². The fourth-order valence-electron chi connectivity index (χ4n) is 2.10. The van der Waals surface area contributed by atoms with Gasteiger partial charge in [-0.1, -0.05) is 54.1 Å². The summed E-state index contributed by atoms with van der Waals surface area (Å²) in [6.07, 6.45) is 1.55. The van der Waals surface area contributed by atoms with E-state index < -0.39 is 0 Å². The Kier molecular flexibility index (Phi) is 4.93. The van der Waals surface area contributed by atoms with Crippen LogP contribution < -0.4 is 11.2 Å². The minimum atomic E-state index is -0.337. The largest absolute Gasteiger partial charge is 0.390 e. The number of hydrazone groups is 1. The first-order valence-electron chi connectivity index (χ1n) is 7.17. The van der Waals surface area contributed by atoms with Crippen LogP contribution in [0.5, 0.6) is 0 Å². The number of nitrogens with two attached hydrogens (primary N) is 1. The third kappa shape index (κ3) is 3.82. The van der Waals surface area contributed by atoms with E-state index in [2.05, 4.69) is 10.5 Å². The lowest BCUT2D eigenvalue weighted by Gasteiger charge is -1.98. The molecule has 1 amide bonds. The third-order valence-electron chi connectivity index (χ3n) is 3.31. The topological polar surface area (TPSA) is 67.5 Å². The van der Waals surface area contributed by atoms with E-state index in [9.17, 15) is 4.79 Å². The molecular formula is C18H14ClN3OS. The van der Waals surface area contributed by atoms with Gasteiger partial charge in [0.15, 0.2) is 0 Å². The van der Waals surface area contributed by atoms with Crippen molar-refractivity contribution in [2.24, 2.45) is 5.10 Å². The lowest BCUT2D eigenvalue weighted by molar-refractivity contribution is 0.0956. The van der Waals surface area contributed by atoms with Crippen molar-refractivity contribution in [3.63, 3.8) is 0 Å². The first-order valence-corrected chi connectivity index (χ1v) is 8.36. The van der Waals surface area contributed by atoms with Gasteiger partial charge in [0.25, 0.3) is 5.91 Å². The molecule has 24 heavy (non-hydrogen) atoms. The maximum Gasteiger partial charge on any atom is 0.274 e. The number of carbonyl (C=O) groups excluding carboxylic acids is 1. The number of anilines is 1. The predicted octanol–water partition coefficient (Wildman–Crippen LogP) is 4.41. The second-order valence-electron chi connectivity index (χ2n) is 5.01. The average Bonchev–Trinajstić information content (AvgIpc) is 2.99. The van der Waals surface area contributed by atoms with E-state index in [0.29, 0.717) is 15.6 Å². The van der Waals surface area contributed by atoms with E-state index in [1.807, 2.05) is 42.5 Å². The molecule has 4 nitrogen and oxygen atoms in total. The first-order chi connectivity index (χ1) is 11.6. The standard InChI is InChI=1S/C18H14ClN3OS/c19-14-8-6-12(7-9-14)11-21-22-18(23)15-10-16(24-17(15)20)13-4-2-1-3-5-13/h1-11H,20H2,(H,22,23)/b21-11+. The minimum absolute atomic E-state index is 0.337. The predicted molar refractivity (Wildman–Crippen MR) is 101 cm³/mol. The molecule has 0 unspecified atom stereocenters. The van der Waals surface area contributed by atoms with Crippen LogP contribution in [-0.4, -0.2) is 12.1 Å². The molecule has 2 aromatic carbocycles. The van der Waals surface area contributed by atoms with E-state index in [-0.39, 0.29) is 5.91 Å². The summed E-state index contributed by atoms with van der Waals surface area (Å²) in [6.45, 7) is 0. The van der Waals surface area contributed by atoms with Crippen molar-refractivity contribution in [3.05, 3.63) is 76.8 Å². The van der Waals surface area contributed by atoms with Gasteiger partial charge in [0.2, 0.25) is 0 Å². The molecule has 0 aliphatic heterocycles. The number of nitrogens with one attached hydrogen (secondary N) is 1. The molecule has 0 radical (unpaired) electrons. The van der Waals surface area contributed by atoms with E-state index in [1.165, 1.54) is 11.3 Å². The van der Waals surface area contributed by atoms with E-state index in [1.54, 1.807) is 24.4 Å². The Morgan fingerprint density at radius 3 is 2.54 bits per heavy atom. The monoisotopic (exact) mass is 355 g/mol. The van der Waals surface area contributed by atoms with Gasteiger partial charge in [-0.2, -0.15) is 5.10 Å². The van der Waals surface area contributed by atoms with Crippen molar-refractivity contribution < 1.29 is 4.79 Å². The molecule has 3 N–H and O–H groups in total. The Morgan fingerprint density at radius 2 is 1.83 bits per heavy atom. The van der Waals surface area contributed by atoms with Crippen molar-refractivity contribution >= 4 is 40.1 Å². The Bertz CT molecular complexity index is 873. The fraction of sp³-hybridized carbons (Fsp3) is 0. The first kappa shape index (κ1) is 16.2. The van der Waals surface area contributed by atoms with E-state index in [0.717, 1.165) is 16.0 Å². The molecule has 0 saturated heterocycles. The van der Waals surface area contributed by atoms with Crippen molar-refractivity contribution in [3.8, 4) is 10.4 Å². The highest BCUT2D eigenvalue weighted by atomic mass is 35.5. The number of benzene rings is 2. The lowest BCUT2D eigenvalue weighted by Crippen LogP contribution is -2.17. The zero-order valence-corrected chi connectivity index (χ0v) is 14.1. The number of halogens is 1. The van der Waals surface area contributed by atoms with Crippen LogP contribution in [-0.2, 0) is 0 Å². The highest BCUT2D eigenvalue weighted by Crippen LogP contribution is 2.33. The number of carbonyl (C=O) groups is 1. The van der Waals surface area contributed by atoms with Crippen LogP contribution in [0, 0.1) is 0 Å². The van der Waals surface area contributed by atoms with Gasteiger partial charge in [0, 0.05) is 9.90 Å². The maximum atomic E-state index is 12.2. The van der Waals surface area contributed by atoms with E-state index in [4.69, 9.17) is 17.3 Å². The molecule has 3 rings (SSSR count). The molecule has 0 aliphatic carbocycles. The van der Waals surface area contributed by atoms with Gasteiger partial charge in [0.1, 0.15) is 0 Å². The Labute approximate surface area is 148 Å². The molecule has 0 atom stereocenters. The number of thiophene rings is 1. The smallest absolute Gasteiger partial charge is 0.274 e. The summed E-state index contributed by atoms with van der Waals surface area (Å²) in [5, 5.41) is 5.07. The quantitative estimate of drug-likeness (QED) is 0.537. The maximum absolute atomic E-state index is 12.2. The minimum Gasteiger partial charge on any atom is -0.390 e. The van der Waals surface area contributed by atoms with Crippen LogP contribution >= 0.6 is 22.9 Å². The lowest BCUT2D eigenvalue weighted by atomic mass is 10.1. The van der Waals surface area contributed by atoms with Crippen LogP contribution in [0.4, 0.5) is 5.00 Å². The molecule has 0 fully saturated rings. The molecule has 3 aromatic rings. The number of hydrogen-bond donors (Lipinski definition) is 2. The third-order valence-corrected chi connectivity index (χ3v) is 4.58. The van der Waals surface area contributed by atoms with Crippen LogP contribution in [0.1, 0.15) is 15.9 Å². The number of hydrogen-bond acceptors (Lipinski definition) is 4. The number of nitrogens with zero attached hydrogens (tertiary/aromatic N) is 1. The zero-order valence-electron chi connectivity index (χ0n) is 12.6. The van der Waals surface area contributed by atoms with Gasteiger partial charge in [-0.25, -0.2) is 5.43 Å². The molecule has 0 spiro atoms. The average molecular weight is 356 g/mol. The normalized spacial score (nSPS) is 10.9. The van der Waals surface area contributed by atoms with Gasteiger partial charge in [-0.3, -0.25) is 4.79 Å². The molecule has 6 heteroatoms. The SMILES string of the molecule is Nc1sc(-c2ccccc2)cc1C(=O)N/N=C/c1ccc(Cl)cc1. The van der Waals surface area contributed by atoms with Crippen molar-refractivity contribution in [2.45, 2.75) is 0 Å². The summed E-state index contributed by atoms with van der Waals surface area (Å²) in [6, 6.07) is 18.7. The summed E-state index contributed by atoms with van der Waals surface area (Å²) in [7, 11) is 0. The molecule has 0 aliphatic rings. The van der Waals surface area contributed by atoms with Crippen LogP contribution in [0.15, 0.2) is 65.8 Å². The van der Waals surface area contributed by atoms with Crippen LogP contribution in [0.2, 0.25) is 5.02 Å². The molecule has 1 aromatic heterocycles. The van der Waals surface area contributed by atoms with Crippen molar-refractivity contribution in [1.29, 1.82) is 0 Å². The van der Waals surface area contributed by atoms with Crippen molar-refractivity contribution in [1.82, 2.24) is 5.43 Å². The zero-order chi connectivity index (χ0) is 16.9. The summed E-state index contributed by atoms with van der Waals surface area (Å²) >= 11 is 7.20. The number of amides is 1. The summed E-state index contributed by atoms with van der Waals surface area (Å²) in [5.41, 5.74) is 10.7. The summed E-state index contributed by atoms with van der Waals surface area (Å²) in [5.74, 6) is -0.337. The Hall–Kier alpha value is -2.63. The Morgan fingerprint density at radius 1 is 1.12 bits per heavy atom. The van der Waals surface area contributed by atoms with Crippen LogP contribution in [0.3, 0.4) is 0 Å². The van der Waals surface area contributed by atoms with Gasteiger partial charge >= 0.3 is 0 Å². The van der Waals surface area contributed by atoms with Crippen molar-refractivity contribution in [2.75, 3.05) is 5.73 Å². The fourth-order valence-corrected chi connectivity index (χ4v) is 3.16. The molecule has 0 saturated carbocycles. The summed E-state index contributed by atoms with van der Waals surface area (Å²) < 4.78 is 0. The van der Waals surface area contributed by atoms with Gasteiger partial charge in [-0.15, -0.1) is 11.3 Å². The Balaban J connectivity index is 1.71. The van der Waals surface area contributed by atoms with Crippen LogP contribution in [0.25, 0.3) is 10.4 Å². The number of nitrogen functional groups attached to an aromatic ring is 1. The number of rotatable bonds is 4. The molecule has 120 valence electrons. The molecule has 1 heterocycles. The molecular weight excluding hydrogens is 342 g/mol. The van der Waals surface area contributed by atoms with Gasteiger partial charge in [0.05, 0.1) is 16.8 Å². The highest BCUT2D eigenvalue weighted by Gasteiger charge is 2.14. The van der Waals surface area contributed by atoms with Gasteiger partial charge in [-0.05, 0) is 29.3 Å². The second kappa shape index (κ2) is 7.29.